The van der Waals surface area contributed by atoms with Crippen molar-refractivity contribution in [1.29, 1.82) is 0 Å². The number of halogens is 3. The van der Waals surface area contributed by atoms with Gasteiger partial charge < -0.3 is 0 Å². The van der Waals surface area contributed by atoms with Crippen molar-refractivity contribution in [2.75, 3.05) is 6.66 Å². The largest absolute Gasteiger partial charge is 0.454 e. The van der Waals surface area contributed by atoms with Gasteiger partial charge in [0.1, 0.15) is 0 Å². The lowest BCUT2D eigenvalue weighted by atomic mass is 10.4. The van der Waals surface area contributed by atoms with E-state index in [0.29, 0.717) is 5.30 Å². The van der Waals surface area contributed by atoms with Gasteiger partial charge in [0.15, 0.2) is 0 Å². The molecule has 1 nitrogen and oxygen atoms in total. The van der Waals surface area contributed by atoms with E-state index in [-0.39, 0.29) is 0 Å². The van der Waals surface area contributed by atoms with E-state index in [9.17, 15) is 18.0 Å². The summed E-state index contributed by atoms with van der Waals surface area (Å²) in [6.45, 7) is 1.32. The van der Waals surface area contributed by atoms with Gasteiger partial charge in [0.25, 0.3) is 5.52 Å². The molecule has 0 amide bonds. The highest BCUT2D eigenvalue weighted by Crippen LogP contribution is 2.38. The Bertz CT molecular complexity index is 321. The first-order valence-corrected chi connectivity index (χ1v) is 5.62. The maximum absolute atomic E-state index is 12.1. The molecule has 0 saturated heterocycles. The maximum atomic E-state index is 12.1. The van der Waals surface area contributed by atoms with Gasteiger partial charge in [-0.1, -0.05) is 30.3 Å². The van der Waals surface area contributed by atoms with Gasteiger partial charge in [-0.2, -0.15) is 13.2 Å². The molecule has 0 aliphatic rings. The van der Waals surface area contributed by atoms with Gasteiger partial charge in [-0.15, -0.1) is 0 Å². The summed E-state index contributed by atoms with van der Waals surface area (Å²) in [5.74, 6) is 0. The highest BCUT2D eigenvalue weighted by Gasteiger charge is 2.41. The van der Waals surface area contributed by atoms with Crippen LogP contribution in [0.3, 0.4) is 0 Å². The molecule has 0 bridgehead atoms. The molecule has 0 radical (unpaired) electrons. The molecule has 1 aromatic rings. The highest BCUT2D eigenvalue weighted by molar-refractivity contribution is 7.81. The van der Waals surface area contributed by atoms with Crippen LogP contribution < -0.4 is 5.30 Å². The molecular weight excluding hydrogens is 212 g/mol. The van der Waals surface area contributed by atoms with Crippen LogP contribution in [0.2, 0.25) is 0 Å². The second kappa shape index (κ2) is 4.09. The van der Waals surface area contributed by atoms with Gasteiger partial charge in [-0.3, -0.25) is 4.79 Å². The summed E-state index contributed by atoms with van der Waals surface area (Å²) in [5, 5.41) is 0.449. The van der Waals surface area contributed by atoms with E-state index in [0.717, 1.165) is 0 Å². The first kappa shape index (κ1) is 11.2. The summed E-state index contributed by atoms with van der Waals surface area (Å²) in [6.07, 6.45) is -4.73. The molecule has 0 aliphatic carbocycles. The third-order valence-corrected chi connectivity index (χ3v) is 3.63. The van der Waals surface area contributed by atoms with Crippen LogP contribution in [0.5, 0.6) is 0 Å². The molecule has 0 aliphatic heterocycles. The van der Waals surface area contributed by atoms with Crippen LogP contribution in [0, 0.1) is 0 Å². The molecule has 0 spiro atoms. The van der Waals surface area contributed by atoms with Crippen LogP contribution in [0.25, 0.3) is 0 Å². The summed E-state index contributed by atoms with van der Waals surface area (Å²) < 4.78 is 36.2. The molecule has 14 heavy (non-hydrogen) atoms. The predicted molar refractivity (Wildman–Crippen MR) is 50.0 cm³/mol. The fourth-order valence-electron chi connectivity index (χ4n) is 0.959. The Morgan fingerprint density at radius 3 is 2.14 bits per heavy atom. The van der Waals surface area contributed by atoms with Crippen molar-refractivity contribution in [3.8, 4) is 0 Å². The first-order chi connectivity index (χ1) is 6.43. The number of hydrogen-bond acceptors (Lipinski definition) is 1. The number of rotatable bonds is 2. The quantitative estimate of drug-likeness (QED) is 0.700. The van der Waals surface area contributed by atoms with E-state index in [1.165, 1.54) is 18.8 Å². The maximum Gasteiger partial charge on any atom is 0.454 e. The Kier molecular flexibility index (Phi) is 3.27. The van der Waals surface area contributed by atoms with Gasteiger partial charge in [-0.25, -0.2) is 0 Å². The lowest BCUT2D eigenvalue weighted by molar-refractivity contribution is -0.161. The zero-order valence-corrected chi connectivity index (χ0v) is 8.27. The van der Waals surface area contributed by atoms with E-state index < -0.39 is 19.6 Å². The van der Waals surface area contributed by atoms with Crippen LogP contribution in [-0.2, 0) is 4.79 Å². The van der Waals surface area contributed by atoms with E-state index in [2.05, 4.69) is 0 Å². The lowest BCUT2D eigenvalue weighted by Crippen LogP contribution is -2.24. The Balaban J connectivity index is 2.87. The predicted octanol–water partition coefficient (Wildman–Crippen LogP) is 2.51. The zero-order valence-electron chi connectivity index (χ0n) is 7.38. The normalized spacial score (nSPS) is 13.7. The van der Waals surface area contributed by atoms with Crippen molar-refractivity contribution in [3.05, 3.63) is 30.3 Å². The molecule has 0 aromatic heterocycles. The van der Waals surface area contributed by atoms with Gasteiger partial charge in [0, 0.05) is 7.92 Å². The van der Waals surface area contributed by atoms with Crippen LogP contribution in [0.4, 0.5) is 13.2 Å². The monoisotopic (exact) mass is 220 g/mol. The molecule has 0 saturated carbocycles. The van der Waals surface area contributed by atoms with Crippen molar-refractivity contribution >= 4 is 18.8 Å². The van der Waals surface area contributed by atoms with E-state index in [1.54, 1.807) is 18.2 Å². The molecule has 76 valence electrons. The molecule has 5 heteroatoms. The number of carbonyl (C=O) groups is 1. The SMILES string of the molecule is CP(C(=O)C(F)(F)F)c1ccccc1. The molecular formula is C9H8F3OP. The molecule has 0 N–H and O–H groups in total. The molecule has 1 atom stereocenters. The topological polar surface area (TPSA) is 17.1 Å². The van der Waals surface area contributed by atoms with Crippen molar-refractivity contribution in [3.63, 3.8) is 0 Å². The minimum Gasteiger partial charge on any atom is -0.284 e. The van der Waals surface area contributed by atoms with Crippen LogP contribution in [0.15, 0.2) is 30.3 Å². The minimum absolute atomic E-state index is 0.449. The molecule has 1 aromatic carbocycles. The number of benzene rings is 1. The highest BCUT2D eigenvalue weighted by atomic mass is 31.1. The summed E-state index contributed by atoms with van der Waals surface area (Å²) >= 11 is 0. The Labute approximate surface area is 80.7 Å². The Hall–Kier alpha value is -0.890. The second-order valence-corrected chi connectivity index (χ2v) is 4.74. The average Bonchev–Trinajstić information content (AvgIpc) is 2.15. The smallest absolute Gasteiger partial charge is 0.284 e. The minimum atomic E-state index is -4.73. The summed E-state index contributed by atoms with van der Waals surface area (Å²) in [6, 6.07) is 8.02. The van der Waals surface area contributed by atoms with Crippen LogP contribution in [-0.4, -0.2) is 18.4 Å². The van der Waals surface area contributed by atoms with Crippen molar-refractivity contribution in [2.24, 2.45) is 0 Å². The van der Waals surface area contributed by atoms with Crippen LogP contribution in [0.1, 0.15) is 0 Å². The average molecular weight is 220 g/mol. The van der Waals surface area contributed by atoms with E-state index in [4.69, 9.17) is 0 Å². The third kappa shape index (κ3) is 2.55. The second-order valence-electron chi connectivity index (χ2n) is 2.70. The molecule has 0 heterocycles. The lowest BCUT2D eigenvalue weighted by Gasteiger charge is -2.12. The van der Waals surface area contributed by atoms with E-state index in [1.807, 2.05) is 0 Å². The van der Waals surface area contributed by atoms with Crippen molar-refractivity contribution in [2.45, 2.75) is 6.18 Å². The van der Waals surface area contributed by atoms with Gasteiger partial charge in [0.05, 0.1) is 0 Å². The van der Waals surface area contributed by atoms with Gasteiger partial charge in [0.2, 0.25) is 0 Å². The first-order valence-electron chi connectivity index (χ1n) is 3.83. The standard InChI is InChI=1S/C9H8F3OP/c1-14(8(13)9(10,11)12)7-5-3-2-4-6-7/h2-6H,1H3. The fourth-order valence-corrected chi connectivity index (χ4v) is 2.19. The van der Waals surface area contributed by atoms with Crippen molar-refractivity contribution < 1.29 is 18.0 Å². The van der Waals surface area contributed by atoms with Crippen molar-refractivity contribution in [1.82, 2.24) is 0 Å². The Morgan fingerprint density at radius 2 is 1.71 bits per heavy atom. The fraction of sp³-hybridized carbons (Fsp3) is 0.222. The number of alkyl halides is 3. The third-order valence-electron chi connectivity index (χ3n) is 1.69. The van der Waals surface area contributed by atoms with Gasteiger partial charge in [-0.05, 0) is 12.0 Å². The summed E-state index contributed by atoms with van der Waals surface area (Å²) in [7, 11) is -1.79. The summed E-state index contributed by atoms with van der Waals surface area (Å²) in [5.41, 5.74) is -1.64. The summed E-state index contributed by atoms with van der Waals surface area (Å²) in [4.78, 5) is 10.9. The van der Waals surface area contributed by atoms with Gasteiger partial charge >= 0.3 is 6.18 Å². The van der Waals surface area contributed by atoms with E-state index >= 15 is 0 Å². The molecule has 1 rings (SSSR count). The molecule has 1 unspecified atom stereocenters. The molecule has 0 fully saturated rings. The number of hydrogen-bond donors (Lipinski definition) is 0. The number of carbonyl (C=O) groups excluding carboxylic acids is 1. The van der Waals surface area contributed by atoms with Crippen LogP contribution >= 0.6 is 7.92 Å². The Morgan fingerprint density at radius 1 is 1.21 bits per heavy atom. The zero-order chi connectivity index (χ0) is 10.8.